The van der Waals surface area contributed by atoms with Crippen molar-refractivity contribution in [3.8, 4) is 0 Å². The van der Waals surface area contributed by atoms with Gasteiger partial charge in [-0.05, 0) is 19.4 Å². The molecule has 0 amide bonds. The summed E-state index contributed by atoms with van der Waals surface area (Å²) >= 11 is 0. The van der Waals surface area contributed by atoms with Crippen LogP contribution in [0, 0.1) is 13.8 Å². The summed E-state index contributed by atoms with van der Waals surface area (Å²) in [6.45, 7) is 7.63. The van der Waals surface area contributed by atoms with E-state index < -0.39 is 0 Å². The van der Waals surface area contributed by atoms with Crippen molar-refractivity contribution in [1.82, 2.24) is 9.97 Å². The monoisotopic (exact) mass is 220 g/mol. The smallest absolute Gasteiger partial charge is 0.162 e. The van der Waals surface area contributed by atoms with E-state index in [2.05, 4.69) is 16.5 Å². The first-order chi connectivity index (χ1) is 7.60. The third-order valence-electron chi connectivity index (χ3n) is 2.38. The molecule has 0 aliphatic rings. The maximum atomic E-state index is 5.18. The topological polar surface area (TPSA) is 44.2 Å². The zero-order valence-electron chi connectivity index (χ0n) is 10.1. The Morgan fingerprint density at radius 2 is 1.94 bits per heavy atom. The summed E-state index contributed by atoms with van der Waals surface area (Å²) in [6, 6.07) is 0. The van der Waals surface area contributed by atoms with Gasteiger partial charge in [0.05, 0.1) is 19.9 Å². The molecule has 0 saturated heterocycles. The molecule has 16 heavy (non-hydrogen) atoms. The summed E-state index contributed by atoms with van der Waals surface area (Å²) in [7, 11) is 3.12. The molecule has 0 aliphatic heterocycles. The van der Waals surface area contributed by atoms with Crippen LogP contribution in [0.25, 0.3) is 6.08 Å². The predicted octanol–water partition coefficient (Wildman–Crippen LogP) is 2.24. The minimum atomic E-state index is 0.471. The second-order valence-electron chi connectivity index (χ2n) is 3.31. The van der Waals surface area contributed by atoms with E-state index in [1.807, 2.05) is 13.8 Å². The number of aromatic nitrogens is 2. The lowest BCUT2D eigenvalue weighted by molar-refractivity contribution is 0.224. The van der Waals surface area contributed by atoms with Gasteiger partial charge in [0.25, 0.3) is 0 Å². The lowest BCUT2D eigenvalue weighted by Gasteiger charge is -2.09. The Morgan fingerprint density at radius 3 is 2.50 bits per heavy atom. The van der Waals surface area contributed by atoms with E-state index in [1.54, 1.807) is 20.3 Å². The third kappa shape index (κ3) is 2.59. The zero-order valence-corrected chi connectivity index (χ0v) is 10.1. The molecule has 0 spiro atoms. The van der Waals surface area contributed by atoms with Crippen LogP contribution in [-0.4, -0.2) is 24.2 Å². The van der Waals surface area contributed by atoms with Crippen molar-refractivity contribution < 1.29 is 9.47 Å². The molecule has 1 heterocycles. The number of aryl methyl sites for hydroxylation is 1. The second-order valence-corrected chi connectivity index (χ2v) is 3.31. The number of hydrogen-bond acceptors (Lipinski definition) is 4. The van der Waals surface area contributed by atoms with Gasteiger partial charge in [-0.3, -0.25) is 0 Å². The molecule has 0 saturated carbocycles. The highest BCUT2D eigenvalue weighted by atomic mass is 16.5. The first-order valence-electron chi connectivity index (χ1n) is 4.87. The molecule has 0 unspecified atom stereocenters. The molecule has 0 N–H and O–H groups in total. The van der Waals surface area contributed by atoms with E-state index in [0.717, 1.165) is 17.0 Å². The molecule has 0 aromatic carbocycles. The van der Waals surface area contributed by atoms with Gasteiger partial charge in [0.2, 0.25) is 0 Å². The van der Waals surface area contributed by atoms with Gasteiger partial charge in [-0.25, -0.2) is 9.97 Å². The summed E-state index contributed by atoms with van der Waals surface area (Å²) < 4.78 is 10.2. The Hall–Kier alpha value is -1.84. The summed E-state index contributed by atoms with van der Waals surface area (Å²) in [4.78, 5) is 8.28. The van der Waals surface area contributed by atoms with Crippen molar-refractivity contribution in [2.75, 3.05) is 14.2 Å². The highest BCUT2D eigenvalue weighted by molar-refractivity contribution is 5.55. The van der Waals surface area contributed by atoms with E-state index in [9.17, 15) is 0 Å². The first kappa shape index (κ1) is 12.2. The Kier molecular flexibility index (Phi) is 4.05. The highest BCUT2D eigenvalue weighted by Crippen LogP contribution is 2.16. The van der Waals surface area contributed by atoms with Gasteiger partial charge in [0.1, 0.15) is 6.33 Å². The molecule has 4 nitrogen and oxygen atoms in total. The van der Waals surface area contributed by atoms with Crippen molar-refractivity contribution in [3.63, 3.8) is 0 Å². The fraction of sp³-hybridized carbons (Fsp3) is 0.333. The van der Waals surface area contributed by atoms with Gasteiger partial charge in [-0.2, -0.15) is 0 Å². The quantitative estimate of drug-likeness (QED) is 0.576. The molecule has 0 radical (unpaired) electrons. The van der Waals surface area contributed by atoms with Crippen molar-refractivity contribution in [1.29, 1.82) is 0 Å². The number of rotatable bonds is 4. The molecule has 1 aromatic rings. The fourth-order valence-corrected chi connectivity index (χ4v) is 1.18. The van der Waals surface area contributed by atoms with E-state index >= 15 is 0 Å². The lowest BCUT2D eigenvalue weighted by atomic mass is 10.1. The lowest BCUT2D eigenvalue weighted by Crippen LogP contribution is -1.98. The standard InChI is InChI=1S/C12H16N2O2/c1-8-9(2)13-7-14-11(8)6-12(16-5)10(3)15-4/h6-7H,3H2,1-2,4-5H3/b12-6+. The van der Waals surface area contributed by atoms with Gasteiger partial charge < -0.3 is 9.47 Å². The van der Waals surface area contributed by atoms with E-state index in [1.165, 1.54) is 6.33 Å². The van der Waals surface area contributed by atoms with Crippen LogP contribution in [0.3, 0.4) is 0 Å². The molecule has 86 valence electrons. The second kappa shape index (κ2) is 5.30. The van der Waals surface area contributed by atoms with Gasteiger partial charge in [0, 0.05) is 11.8 Å². The summed E-state index contributed by atoms with van der Waals surface area (Å²) in [5.74, 6) is 1.03. The SMILES string of the molecule is C=C(OC)/C(=C\c1ncnc(C)c1C)OC. The number of ether oxygens (including phenoxy) is 2. The average molecular weight is 220 g/mol. The van der Waals surface area contributed by atoms with Gasteiger partial charge in [-0.1, -0.05) is 6.58 Å². The fourth-order valence-electron chi connectivity index (χ4n) is 1.18. The van der Waals surface area contributed by atoms with Crippen LogP contribution in [0.1, 0.15) is 17.0 Å². The molecule has 0 atom stereocenters. The molecule has 1 aromatic heterocycles. The van der Waals surface area contributed by atoms with E-state index in [0.29, 0.717) is 11.5 Å². The number of methoxy groups -OCH3 is 2. The Balaban J connectivity index is 3.14. The van der Waals surface area contributed by atoms with Crippen molar-refractivity contribution in [2.45, 2.75) is 13.8 Å². The number of nitrogens with zero attached hydrogens (tertiary/aromatic N) is 2. The molecule has 0 aliphatic carbocycles. The molecule has 1 rings (SSSR count). The Bertz CT molecular complexity index is 425. The Morgan fingerprint density at radius 1 is 1.25 bits per heavy atom. The summed E-state index contributed by atoms with van der Waals surface area (Å²) in [5.41, 5.74) is 2.77. The minimum Gasteiger partial charge on any atom is -0.493 e. The van der Waals surface area contributed by atoms with Crippen LogP contribution in [0.2, 0.25) is 0 Å². The van der Waals surface area contributed by atoms with Gasteiger partial charge in [0.15, 0.2) is 11.5 Å². The number of hydrogen-bond donors (Lipinski definition) is 0. The predicted molar refractivity (Wildman–Crippen MR) is 62.6 cm³/mol. The van der Waals surface area contributed by atoms with Crippen LogP contribution in [0.15, 0.2) is 24.4 Å². The van der Waals surface area contributed by atoms with E-state index in [-0.39, 0.29) is 0 Å². The molecule has 0 bridgehead atoms. The van der Waals surface area contributed by atoms with Crippen LogP contribution >= 0.6 is 0 Å². The van der Waals surface area contributed by atoms with Crippen molar-refractivity contribution in [3.05, 3.63) is 41.4 Å². The molecular weight excluding hydrogens is 204 g/mol. The average Bonchev–Trinajstić information content (AvgIpc) is 2.30. The maximum Gasteiger partial charge on any atom is 0.162 e. The first-order valence-corrected chi connectivity index (χ1v) is 4.87. The van der Waals surface area contributed by atoms with Crippen LogP contribution in [0.5, 0.6) is 0 Å². The largest absolute Gasteiger partial charge is 0.493 e. The minimum absolute atomic E-state index is 0.471. The maximum absolute atomic E-state index is 5.18. The molecule has 4 heteroatoms. The normalized spacial score (nSPS) is 11.1. The van der Waals surface area contributed by atoms with E-state index in [4.69, 9.17) is 9.47 Å². The van der Waals surface area contributed by atoms with Crippen LogP contribution in [0.4, 0.5) is 0 Å². The summed E-state index contributed by atoms with van der Waals surface area (Å²) in [6.07, 6.45) is 3.31. The summed E-state index contributed by atoms with van der Waals surface area (Å²) in [5, 5.41) is 0. The van der Waals surface area contributed by atoms with Crippen molar-refractivity contribution in [2.24, 2.45) is 0 Å². The van der Waals surface area contributed by atoms with Crippen LogP contribution in [-0.2, 0) is 9.47 Å². The van der Waals surface area contributed by atoms with Gasteiger partial charge in [-0.15, -0.1) is 0 Å². The van der Waals surface area contributed by atoms with Crippen LogP contribution < -0.4 is 0 Å². The molecular formula is C12H16N2O2. The Labute approximate surface area is 95.6 Å². The molecule has 0 fully saturated rings. The highest BCUT2D eigenvalue weighted by Gasteiger charge is 2.06. The zero-order chi connectivity index (χ0) is 12.1. The van der Waals surface area contributed by atoms with Crippen molar-refractivity contribution >= 4 is 6.08 Å². The third-order valence-corrected chi connectivity index (χ3v) is 2.38. The van der Waals surface area contributed by atoms with Gasteiger partial charge >= 0.3 is 0 Å².